The Bertz CT molecular complexity index is 756. The first-order valence-corrected chi connectivity index (χ1v) is 8.37. The molecule has 9 heteroatoms. The van der Waals surface area contributed by atoms with Gasteiger partial charge < -0.3 is 9.84 Å². The van der Waals surface area contributed by atoms with Gasteiger partial charge in [0.1, 0.15) is 6.26 Å². The van der Waals surface area contributed by atoms with E-state index >= 15 is 0 Å². The number of anilines is 1. The summed E-state index contributed by atoms with van der Waals surface area (Å²) in [6.45, 7) is 0.519. The van der Waals surface area contributed by atoms with E-state index in [0.717, 1.165) is 30.7 Å². The van der Waals surface area contributed by atoms with E-state index in [0.29, 0.717) is 12.2 Å². The normalized spacial score (nSPS) is 11.3. The highest BCUT2D eigenvalue weighted by molar-refractivity contribution is 7.90. The maximum absolute atomic E-state index is 11.8. The second-order valence-corrected chi connectivity index (χ2v) is 6.76. The highest BCUT2D eigenvalue weighted by atomic mass is 32.2. The summed E-state index contributed by atoms with van der Waals surface area (Å²) in [5, 5.41) is 17.3. The van der Waals surface area contributed by atoms with E-state index in [9.17, 15) is 18.5 Å². The van der Waals surface area contributed by atoms with Crippen molar-refractivity contribution in [2.45, 2.75) is 17.7 Å². The first-order valence-electron chi connectivity index (χ1n) is 6.48. The SMILES string of the molecule is CS(=O)(=O)c1cc([N+](=O)[O-])ccc1NCCCc1cnoc1. The monoisotopic (exact) mass is 325 g/mol. The zero-order chi connectivity index (χ0) is 16.2. The summed E-state index contributed by atoms with van der Waals surface area (Å²) in [7, 11) is -3.56. The van der Waals surface area contributed by atoms with Crippen molar-refractivity contribution >= 4 is 21.2 Å². The van der Waals surface area contributed by atoms with Crippen molar-refractivity contribution < 1.29 is 17.9 Å². The molecule has 8 nitrogen and oxygen atoms in total. The number of nitro benzene ring substituents is 1. The lowest BCUT2D eigenvalue weighted by Gasteiger charge is -2.10. The Morgan fingerprint density at radius 2 is 2.18 bits per heavy atom. The summed E-state index contributed by atoms with van der Waals surface area (Å²) in [5.41, 5.74) is 1.06. The number of aromatic nitrogens is 1. The summed E-state index contributed by atoms with van der Waals surface area (Å²) in [6, 6.07) is 3.75. The van der Waals surface area contributed by atoms with Crippen LogP contribution in [0.3, 0.4) is 0 Å². The van der Waals surface area contributed by atoms with Gasteiger partial charge in [-0.15, -0.1) is 0 Å². The molecule has 2 aromatic rings. The highest BCUT2D eigenvalue weighted by Gasteiger charge is 2.18. The molecule has 22 heavy (non-hydrogen) atoms. The van der Waals surface area contributed by atoms with Gasteiger partial charge in [0.2, 0.25) is 0 Å². The van der Waals surface area contributed by atoms with Crippen molar-refractivity contribution in [3.63, 3.8) is 0 Å². The second-order valence-electron chi connectivity index (χ2n) is 4.77. The van der Waals surface area contributed by atoms with Gasteiger partial charge in [-0.3, -0.25) is 10.1 Å². The number of rotatable bonds is 7. The average Bonchev–Trinajstić information content (AvgIpc) is 2.95. The lowest BCUT2D eigenvalue weighted by molar-refractivity contribution is -0.385. The largest absolute Gasteiger partial charge is 0.384 e. The van der Waals surface area contributed by atoms with Crippen LogP contribution in [0.15, 0.2) is 40.1 Å². The first-order chi connectivity index (χ1) is 10.4. The third-order valence-corrected chi connectivity index (χ3v) is 4.15. The van der Waals surface area contributed by atoms with Crippen LogP contribution in [0.25, 0.3) is 0 Å². The van der Waals surface area contributed by atoms with Crippen molar-refractivity contribution in [1.29, 1.82) is 0 Å². The molecule has 118 valence electrons. The Hall–Kier alpha value is -2.42. The van der Waals surface area contributed by atoms with Gasteiger partial charge >= 0.3 is 0 Å². The molecule has 0 radical (unpaired) electrons. The van der Waals surface area contributed by atoms with Crippen LogP contribution in [0.5, 0.6) is 0 Å². The zero-order valence-corrected chi connectivity index (χ0v) is 12.7. The molecule has 1 aromatic carbocycles. The number of hydrogen-bond acceptors (Lipinski definition) is 7. The number of benzene rings is 1. The molecular formula is C13H15N3O5S. The predicted molar refractivity (Wildman–Crippen MR) is 79.5 cm³/mol. The summed E-state index contributed by atoms with van der Waals surface area (Å²) in [4.78, 5) is 10.1. The Kier molecular flexibility index (Phi) is 4.76. The Balaban J connectivity index is 2.08. The molecule has 1 N–H and O–H groups in total. The Morgan fingerprint density at radius 3 is 2.77 bits per heavy atom. The van der Waals surface area contributed by atoms with Crippen LogP contribution >= 0.6 is 0 Å². The summed E-state index contributed by atoms with van der Waals surface area (Å²) in [6.07, 6.45) is 5.66. The molecule has 0 saturated heterocycles. The van der Waals surface area contributed by atoms with Gasteiger partial charge in [-0.25, -0.2) is 8.42 Å². The van der Waals surface area contributed by atoms with Crippen LogP contribution < -0.4 is 5.32 Å². The predicted octanol–water partition coefficient (Wildman–Crippen LogP) is 2.03. The summed E-state index contributed by atoms with van der Waals surface area (Å²) >= 11 is 0. The van der Waals surface area contributed by atoms with Gasteiger partial charge in [0.05, 0.1) is 21.7 Å². The van der Waals surface area contributed by atoms with E-state index in [-0.39, 0.29) is 10.6 Å². The quantitative estimate of drug-likeness (QED) is 0.470. The minimum atomic E-state index is -3.56. The van der Waals surface area contributed by atoms with E-state index in [4.69, 9.17) is 4.52 Å². The van der Waals surface area contributed by atoms with Crippen LogP contribution in [0.1, 0.15) is 12.0 Å². The molecule has 0 saturated carbocycles. The zero-order valence-electron chi connectivity index (χ0n) is 11.9. The van der Waals surface area contributed by atoms with Crippen LogP contribution in [0.2, 0.25) is 0 Å². The lowest BCUT2D eigenvalue weighted by Crippen LogP contribution is -2.08. The molecule has 0 aliphatic rings. The van der Waals surface area contributed by atoms with Crippen molar-refractivity contribution in [3.8, 4) is 0 Å². The fourth-order valence-corrected chi connectivity index (χ4v) is 2.82. The maximum Gasteiger partial charge on any atom is 0.270 e. The number of sulfone groups is 1. The molecule has 0 spiro atoms. The number of nitrogens with one attached hydrogen (secondary N) is 1. The number of hydrogen-bond donors (Lipinski definition) is 1. The summed E-state index contributed by atoms with van der Waals surface area (Å²) < 4.78 is 28.2. The minimum absolute atomic E-state index is 0.0772. The number of nitro groups is 1. The molecule has 1 aromatic heterocycles. The van der Waals surface area contributed by atoms with Crippen LogP contribution in [0, 0.1) is 10.1 Å². The highest BCUT2D eigenvalue weighted by Crippen LogP contribution is 2.26. The van der Waals surface area contributed by atoms with E-state index < -0.39 is 14.8 Å². The molecule has 0 atom stereocenters. The first kappa shape index (κ1) is 16.0. The number of nitrogens with zero attached hydrogens (tertiary/aromatic N) is 2. The minimum Gasteiger partial charge on any atom is -0.384 e. The molecule has 0 aliphatic heterocycles. The standard InChI is InChI=1S/C13H15N3O5S/c1-22(19,20)13-7-11(16(17)18)4-5-12(13)14-6-2-3-10-8-15-21-9-10/h4-5,7-9,14H,2-3,6H2,1H3. The second kappa shape index (κ2) is 6.56. The smallest absolute Gasteiger partial charge is 0.270 e. The van der Waals surface area contributed by atoms with Crippen LogP contribution in [-0.2, 0) is 16.3 Å². The Labute approximate surface area is 127 Å². The van der Waals surface area contributed by atoms with Crippen molar-refractivity contribution in [1.82, 2.24) is 5.16 Å². The van der Waals surface area contributed by atoms with Crippen LogP contribution in [-0.4, -0.2) is 31.3 Å². The Morgan fingerprint density at radius 1 is 1.41 bits per heavy atom. The number of aryl methyl sites for hydroxylation is 1. The van der Waals surface area contributed by atoms with Gasteiger partial charge in [0, 0.05) is 30.5 Å². The van der Waals surface area contributed by atoms with Crippen molar-refractivity contribution in [3.05, 3.63) is 46.3 Å². The van der Waals surface area contributed by atoms with E-state index in [1.165, 1.54) is 12.1 Å². The molecule has 0 unspecified atom stereocenters. The fraction of sp³-hybridized carbons (Fsp3) is 0.308. The van der Waals surface area contributed by atoms with E-state index in [1.807, 2.05) is 0 Å². The van der Waals surface area contributed by atoms with Gasteiger partial charge in [-0.1, -0.05) is 5.16 Å². The summed E-state index contributed by atoms with van der Waals surface area (Å²) in [5.74, 6) is 0. The molecule has 0 bridgehead atoms. The maximum atomic E-state index is 11.8. The molecule has 1 heterocycles. The fourth-order valence-electron chi connectivity index (χ4n) is 1.94. The third kappa shape index (κ3) is 4.04. The number of non-ortho nitro benzene ring substituents is 1. The van der Waals surface area contributed by atoms with Gasteiger partial charge in [0.15, 0.2) is 9.84 Å². The van der Waals surface area contributed by atoms with Gasteiger partial charge in [-0.05, 0) is 18.9 Å². The van der Waals surface area contributed by atoms with E-state index in [2.05, 4.69) is 10.5 Å². The molecule has 0 aliphatic carbocycles. The molecule has 0 amide bonds. The topological polar surface area (TPSA) is 115 Å². The molecule has 0 fully saturated rings. The third-order valence-electron chi connectivity index (χ3n) is 3.02. The van der Waals surface area contributed by atoms with E-state index in [1.54, 1.807) is 12.5 Å². The molecule has 2 rings (SSSR count). The lowest BCUT2D eigenvalue weighted by atomic mass is 10.2. The van der Waals surface area contributed by atoms with Gasteiger partial charge in [0.25, 0.3) is 5.69 Å². The molecular weight excluding hydrogens is 310 g/mol. The average molecular weight is 325 g/mol. The van der Waals surface area contributed by atoms with Crippen LogP contribution in [0.4, 0.5) is 11.4 Å². The van der Waals surface area contributed by atoms with Crippen molar-refractivity contribution in [2.24, 2.45) is 0 Å². The van der Waals surface area contributed by atoms with Crippen molar-refractivity contribution in [2.75, 3.05) is 18.1 Å². The van der Waals surface area contributed by atoms with Gasteiger partial charge in [-0.2, -0.15) is 0 Å².